The monoisotopic (exact) mass is 335 g/mol. The predicted molar refractivity (Wildman–Crippen MR) is 96.7 cm³/mol. The summed E-state index contributed by atoms with van der Waals surface area (Å²) in [5, 5.41) is 15.3. The van der Waals surface area contributed by atoms with Gasteiger partial charge in [0.25, 0.3) is 0 Å². The van der Waals surface area contributed by atoms with Crippen molar-refractivity contribution in [3.8, 4) is 11.3 Å². The summed E-state index contributed by atoms with van der Waals surface area (Å²) in [4.78, 5) is 16.8. The molecule has 1 aliphatic carbocycles. The van der Waals surface area contributed by atoms with Crippen LogP contribution in [0.5, 0.6) is 0 Å². The number of aromatic nitrogens is 3. The number of carbonyl (C=O) groups is 1. The van der Waals surface area contributed by atoms with E-state index < -0.39 is 5.97 Å². The lowest BCUT2D eigenvalue weighted by atomic mass is 10.0. The van der Waals surface area contributed by atoms with Gasteiger partial charge in [-0.2, -0.15) is 5.10 Å². The van der Waals surface area contributed by atoms with Crippen molar-refractivity contribution < 1.29 is 9.90 Å². The Hall–Kier alpha value is -2.69. The van der Waals surface area contributed by atoms with Crippen molar-refractivity contribution in [2.75, 3.05) is 0 Å². The molecule has 1 aliphatic rings. The first-order chi connectivity index (χ1) is 12.0. The Bertz CT molecular complexity index is 940. The van der Waals surface area contributed by atoms with Crippen molar-refractivity contribution in [3.05, 3.63) is 47.7 Å². The van der Waals surface area contributed by atoms with Crippen LogP contribution in [0.2, 0.25) is 0 Å². The fourth-order valence-electron chi connectivity index (χ4n) is 3.24. The molecule has 0 unspecified atom stereocenters. The van der Waals surface area contributed by atoms with Crippen LogP contribution in [0.1, 0.15) is 48.7 Å². The minimum atomic E-state index is -0.921. The van der Waals surface area contributed by atoms with Crippen LogP contribution in [-0.2, 0) is 6.54 Å². The summed E-state index contributed by atoms with van der Waals surface area (Å²) in [6.45, 7) is 4.99. The van der Waals surface area contributed by atoms with Crippen LogP contribution < -0.4 is 0 Å². The van der Waals surface area contributed by atoms with Gasteiger partial charge in [0, 0.05) is 18.0 Å². The highest BCUT2D eigenvalue weighted by atomic mass is 16.4. The second kappa shape index (κ2) is 5.99. The largest absolute Gasteiger partial charge is 0.478 e. The molecule has 1 N–H and O–H groups in total. The zero-order valence-electron chi connectivity index (χ0n) is 14.4. The fourth-order valence-corrected chi connectivity index (χ4v) is 3.24. The van der Waals surface area contributed by atoms with Gasteiger partial charge in [0.05, 0.1) is 22.3 Å². The normalized spacial score (nSPS) is 14.4. The summed E-state index contributed by atoms with van der Waals surface area (Å²) < 4.78 is 1.90. The highest BCUT2D eigenvalue weighted by Gasteiger charge is 2.32. The van der Waals surface area contributed by atoms with E-state index in [0.29, 0.717) is 28.7 Å². The first-order valence-corrected chi connectivity index (χ1v) is 8.74. The summed E-state index contributed by atoms with van der Waals surface area (Å²) in [6.07, 6.45) is 2.15. The summed E-state index contributed by atoms with van der Waals surface area (Å²) in [7, 11) is 0. The predicted octanol–water partition coefficient (Wildman–Crippen LogP) is 4.33. The van der Waals surface area contributed by atoms with Gasteiger partial charge in [-0.15, -0.1) is 0 Å². The third kappa shape index (κ3) is 2.90. The number of hydrogen-bond acceptors (Lipinski definition) is 3. The Balaban J connectivity index is 2.00. The number of rotatable bonds is 5. The minimum absolute atomic E-state index is 0.306. The van der Waals surface area contributed by atoms with E-state index in [0.717, 1.165) is 36.0 Å². The standard InChI is InChI=1S/C20H21N3O2/c1-12(2)11-23-19-17(18(22-23)14-8-9-14)15(20(24)25)10-16(21-19)13-6-4-3-5-7-13/h3-7,10,12,14H,8-9,11H2,1-2H3,(H,24,25). The van der Waals surface area contributed by atoms with Gasteiger partial charge in [0.1, 0.15) is 0 Å². The number of aromatic carboxylic acids is 1. The maximum atomic E-state index is 12.0. The molecule has 0 saturated heterocycles. The highest BCUT2D eigenvalue weighted by molar-refractivity contribution is 6.04. The van der Waals surface area contributed by atoms with Gasteiger partial charge in [-0.25, -0.2) is 14.5 Å². The van der Waals surface area contributed by atoms with Gasteiger partial charge in [0.2, 0.25) is 0 Å². The SMILES string of the molecule is CC(C)Cn1nc(C2CC2)c2c(C(=O)O)cc(-c3ccccc3)nc21. The number of fused-ring (bicyclic) bond motifs is 1. The molecule has 5 heteroatoms. The average Bonchev–Trinajstić information content (AvgIpc) is 3.38. The summed E-state index contributed by atoms with van der Waals surface area (Å²) in [5.74, 6) is -0.139. The zero-order chi connectivity index (χ0) is 17.6. The van der Waals surface area contributed by atoms with Crippen molar-refractivity contribution >= 4 is 17.0 Å². The number of nitrogens with zero attached hydrogens (tertiary/aromatic N) is 3. The summed E-state index contributed by atoms with van der Waals surface area (Å²) in [5.41, 5.74) is 3.49. The number of carboxylic acid groups (broad SMARTS) is 1. The lowest BCUT2D eigenvalue weighted by Gasteiger charge is -2.08. The lowest BCUT2D eigenvalue weighted by Crippen LogP contribution is -2.08. The highest BCUT2D eigenvalue weighted by Crippen LogP contribution is 2.43. The first kappa shape index (κ1) is 15.8. The molecule has 0 atom stereocenters. The van der Waals surface area contributed by atoms with Crippen molar-refractivity contribution in [2.45, 2.75) is 39.2 Å². The van der Waals surface area contributed by atoms with Crippen LogP contribution in [0.15, 0.2) is 36.4 Å². The molecule has 0 spiro atoms. The second-order valence-corrected chi connectivity index (χ2v) is 7.16. The van der Waals surface area contributed by atoms with Gasteiger partial charge in [0.15, 0.2) is 5.65 Å². The molecule has 1 aromatic carbocycles. The molecular weight excluding hydrogens is 314 g/mol. The van der Waals surface area contributed by atoms with E-state index >= 15 is 0 Å². The van der Waals surface area contributed by atoms with Crippen LogP contribution in [-0.4, -0.2) is 25.8 Å². The molecule has 5 nitrogen and oxygen atoms in total. The van der Waals surface area contributed by atoms with Crippen molar-refractivity contribution in [3.63, 3.8) is 0 Å². The van der Waals surface area contributed by atoms with Gasteiger partial charge in [-0.1, -0.05) is 44.2 Å². The molecule has 2 aromatic heterocycles. The van der Waals surface area contributed by atoms with E-state index in [-0.39, 0.29) is 0 Å². The Morgan fingerprint density at radius 2 is 2.00 bits per heavy atom. The van der Waals surface area contributed by atoms with E-state index in [2.05, 4.69) is 13.8 Å². The molecule has 0 aliphatic heterocycles. The van der Waals surface area contributed by atoms with Crippen molar-refractivity contribution in [1.29, 1.82) is 0 Å². The topological polar surface area (TPSA) is 68.0 Å². The van der Waals surface area contributed by atoms with E-state index in [9.17, 15) is 9.90 Å². The lowest BCUT2D eigenvalue weighted by molar-refractivity contribution is 0.0699. The molecule has 0 bridgehead atoms. The van der Waals surface area contributed by atoms with Crippen LogP contribution in [0.4, 0.5) is 0 Å². The number of hydrogen-bond donors (Lipinski definition) is 1. The zero-order valence-corrected chi connectivity index (χ0v) is 14.4. The van der Waals surface area contributed by atoms with Crippen LogP contribution in [0, 0.1) is 5.92 Å². The van der Waals surface area contributed by atoms with Gasteiger partial charge in [-0.3, -0.25) is 0 Å². The van der Waals surface area contributed by atoms with Crippen LogP contribution in [0.3, 0.4) is 0 Å². The maximum Gasteiger partial charge on any atom is 0.336 e. The third-order valence-electron chi connectivity index (χ3n) is 4.53. The second-order valence-electron chi connectivity index (χ2n) is 7.16. The first-order valence-electron chi connectivity index (χ1n) is 8.74. The molecular formula is C20H21N3O2. The molecule has 0 radical (unpaired) electrons. The molecule has 4 rings (SSSR count). The average molecular weight is 335 g/mol. The van der Waals surface area contributed by atoms with Gasteiger partial charge in [-0.05, 0) is 24.8 Å². The number of benzene rings is 1. The molecule has 2 heterocycles. The molecule has 128 valence electrons. The molecule has 1 saturated carbocycles. The Morgan fingerprint density at radius 1 is 1.28 bits per heavy atom. The Labute approximate surface area is 146 Å². The van der Waals surface area contributed by atoms with Gasteiger partial charge >= 0.3 is 5.97 Å². The fraction of sp³-hybridized carbons (Fsp3) is 0.350. The van der Waals surface area contributed by atoms with E-state index in [4.69, 9.17) is 10.1 Å². The smallest absolute Gasteiger partial charge is 0.336 e. The Kier molecular flexibility index (Phi) is 3.79. The quantitative estimate of drug-likeness (QED) is 0.753. The van der Waals surface area contributed by atoms with E-state index in [1.165, 1.54) is 0 Å². The van der Waals surface area contributed by atoms with Crippen LogP contribution in [0.25, 0.3) is 22.3 Å². The van der Waals surface area contributed by atoms with Crippen molar-refractivity contribution in [2.24, 2.45) is 5.92 Å². The Morgan fingerprint density at radius 3 is 2.60 bits per heavy atom. The minimum Gasteiger partial charge on any atom is -0.478 e. The maximum absolute atomic E-state index is 12.0. The summed E-state index contributed by atoms with van der Waals surface area (Å²) in [6, 6.07) is 11.4. The molecule has 25 heavy (non-hydrogen) atoms. The number of pyridine rings is 1. The molecule has 0 amide bonds. The molecule has 1 fully saturated rings. The molecule has 3 aromatic rings. The number of carboxylic acids is 1. The van der Waals surface area contributed by atoms with Crippen LogP contribution >= 0.6 is 0 Å². The van der Waals surface area contributed by atoms with E-state index in [1.54, 1.807) is 6.07 Å². The van der Waals surface area contributed by atoms with E-state index in [1.807, 2.05) is 35.0 Å². The third-order valence-corrected chi connectivity index (χ3v) is 4.53. The van der Waals surface area contributed by atoms with Gasteiger partial charge < -0.3 is 5.11 Å². The van der Waals surface area contributed by atoms with Crippen molar-refractivity contribution in [1.82, 2.24) is 14.8 Å². The summed E-state index contributed by atoms with van der Waals surface area (Å²) >= 11 is 0.